The van der Waals surface area contributed by atoms with E-state index in [0.717, 1.165) is 34.7 Å². The lowest BCUT2D eigenvalue weighted by Gasteiger charge is -2.32. The number of amides is 1. The Morgan fingerprint density at radius 2 is 1.84 bits per heavy atom. The van der Waals surface area contributed by atoms with Crippen LogP contribution in [-0.2, 0) is 14.3 Å². The lowest BCUT2D eigenvalue weighted by Crippen LogP contribution is -2.38. The zero-order valence-electron chi connectivity index (χ0n) is 18.0. The van der Waals surface area contributed by atoms with Crippen molar-refractivity contribution in [2.75, 3.05) is 29.9 Å². The number of esters is 1. The predicted octanol–water partition coefficient (Wildman–Crippen LogP) is 4.01. The number of benzene rings is 1. The number of nitrogens with zero attached hydrogens (tertiary/aromatic N) is 3. The molecule has 0 bridgehead atoms. The van der Waals surface area contributed by atoms with Crippen LogP contribution in [-0.4, -0.2) is 41.5 Å². The summed E-state index contributed by atoms with van der Waals surface area (Å²) in [7, 11) is 0. The molecule has 3 aromatic rings. The number of thiophene rings is 1. The molecule has 0 spiro atoms. The van der Waals surface area contributed by atoms with Gasteiger partial charge in [-0.25, -0.2) is 9.97 Å². The summed E-state index contributed by atoms with van der Waals surface area (Å²) in [6.45, 7) is 7.35. The molecule has 1 saturated heterocycles. The Morgan fingerprint density at radius 3 is 2.55 bits per heavy atom. The Morgan fingerprint density at radius 1 is 1.13 bits per heavy atom. The number of aromatic nitrogens is 2. The van der Waals surface area contributed by atoms with Gasteiger partial charge in [0.2, 0.25) is 0 Å². The van der Waals surface area contributed by atoms with E-state index in [2.05, 4.69) is 34.0 Å². The normalized spacial score (nSPS) is 14.6. The number of aryl methyl sites for hydroxylation is 3. The van der Waals surface area contributed by atoms with E-state index in [0.29, 0.717) is 18.5 Å². The Balaban J connectivity index is 1.30. The predicted molar refractivity (Wildman–Crippen MR) is 123 cm³/mol. The summed E-state index contributed by atoms with van der Waals surface area (Å²) in [5, 5.41) is 3.85. The highest BCUT2D eigenvalue weighted by Crippen LogP contribution is 2.35. The standard InChI is InChI=1S/C23H26N4O3S/c1-14-4-6-18(7-5-14)26-19(28)12-30-23(29)17-8-10-27(11-9-17)21-20-15(2)16(3)31-22(20)25-13-24-21/h4-7,13,17H,8-12H2,1-3H3,(H,26,28). The van der Waals surface area contributed by atoms with Crippen molar-refractivity contribution in [1.82, 2.24) is 9.97 Å². The molecule has 0 atom stereocenters. The van der Waals surface area contributed by atoms with Crippen molar-refractivity contribution in [2.45, 2.75) is 33.6 Å². The largest absolute Gasteiger partial charge is 0.455 e. The molecule has 162 valence electrons. The number of carbonyl (C=O) groups is 2. The monoisotopic (exact) mass is 438 g/mol. The van der Waals surface area contributed by atoms with Crippen LogP contribution in [0.25, 0.3) is 10.2 Å². The van der Waals surface area contributed by atoms with Crippen molar-refractivity contribution in [3.8, 4) is 0 Å². The highest BCUT2D eigenvalue weighted by atomic mass is 32.1. The number of hydrogen-bond acceptors (Lipinski definition) is 7. The topological polar surface area (TPSA) is 84.4 Å². The second-order valence-corrected chi connectivity index (χ2v) is 9.15. The molecule has 0 aliphatic carbocycles. The molecule has 1 aromatic carbocycles. The van der Waals surface area contributed by atoms with Crippen LogP contribution in [0.2, 0.25) is 0 Å². The van der Waals surface area contributed by atoms with E-state index < -0.39 is 0 Å². The quantitative estimate of drug-likeness (QED) is 0.606. The molecule has 1 amide bonds. The maximum Gasteiger partial charge on any atom is 0.309 e. The molecule has 1 fully saturated rings. The summed E-state index contributed by atoms with van der Waals surface area (Å²) in [5.41, 5.74) is 3.02. The number of fused-ring (bicyclic) bond motifs is 1. The van der Waals surface area contributed by atoms with Crippen molar-refractivity contribution >= 4 is 44.9 Å². The first-order chi connectivity index (χ1) is 14.9. The number of anilines is 2. The highest BCUT2D eigenvalue weighted by molar-refractivity contribution is 7.18. The van der Waals surface area contributed by atoms with Gasteiger partial charge < -0.3 is 15.0 Å². The molecule has 1 aliphatic rings. The van der Waals surface area contributed by atoms with Crippen molar-refractivity contribution in [2.24, 2.45) is 5.92 Å². The molecule has 1 N–H and O–H groups in total. The van der Waals surface area contributed by atoms with Crippen LogP contribution < -0.4 is 10.2 Å². The number of piperidine rings is 1. The van der Waals surface area contributed by atoms with E-state index in [9.17, 15) is 9.59 Å². The van der Waals surface area contributed by atoms with Gasteiger partial charge in [-0.2, -0.15) is 0 Å². The number of carbonyl (C=O) groups excluding carboxylic acids is 2. The van der Waals surface area contributed by atoms with Crippen molar-refractivity contribution in [3.05, 3.63) is 46.6 Å². The molecule has 0 radical (unpaired) electrons. The smallest absolute Gasteiger partial charge is 0.309 e. The molecule has 1 aliphatic heterocycles. The summed E-state index contributed by atoms with van der Waals surface area (Å²) in [4.78, 5) is 37.9. The summed E-state index contributed by atoms with van der Waals surface area (Å²) in [6, 6.07) is 7.48. The first-order valence-corrected chi connectivity index (χ1v) is 11.2. The fourth-order valence-corrected chi connectivity index (χ4v) is 4.81. The molecule has 0 saturated carbocycles. The van der Waals surface area contributed by atoms with Crippen molar-refractivity contribution in [1.29, 1.82) is 0 Å². The fraction of sp³-hybridized carbons (Fsp3) is 0.391. The first kappa shape index (κ1) is 21.2. The van der Waals surface area contributed by atoms with Gasteiger partial charge in [0.1, 0.15) is 17.0 Å². The van der Waals surface area contributed by atoms with Crippen LogP contribution in [0.15, 0.2) is 30.6 Å². The molecule has 3 heterocycles. The lowest BCUT2D eigenvalue weighted by molar-refractivity contribution is -0.152. The molecular formula is C23H26N4O3S. The number of ether oxygens (including phenoxy) is 1. The van der Waals surface area contributed by atoms with Crippen LogP contribution >= 0.6 is 11.3 Å². The van der Waals surface area contributed by atoms with E-state index in [-0.39, 0.29) is 24.4 Å². The number of rotatable bonds is 5. The second-order valence-electron chi connectivity index (χ2n) is 7.94. The summed E-state index contributed by atoms with van der Waals surface area (Å²) in [6.07, 6.45) is 2.96. The molecule has 7 nitrogen and oxygen atoms in total. The van der Waals surface area contributed by atoms with E-state index in [4.69, 9.17) is 4.74 Å². The van der Waals surface area contributed by atoms with Gasteiger partial charge in [0.05, 0.1) is 11.3 Å². The van der Waals surface area contributed by atoms with E-state index in [1.54, 1.807) is 17.7 Å². The average molecular weight is 439 g/mol. The third-order valence-electron chi connectivity index (χ3n) is 5.75. The van der Waals surface area contributed by atoms with Crippen LogP contribution in [0, 0.1) is 26.7 Å². The maximum atomic E-state index is 12.5. The minimum atomic E-state index is -0.332. The van der Waals surface area contributed by atoms with Crippen LogP contribution in [0.5, 0.6) is 0 Å². The second kappa shape index (κ2) is 9.01. The van der Waals surface area contributed by atoms with Crippen molar-refractivity contribution < 1.29 is 14.3 Å². The number of nitrogens with one attached hydrogen (secondary N) is 1. The molecular weight excluding hydrogens is 412 g/mol. The van der Waals surface area contributed by atoms with E-state index in [1.807, 2.05) is 31.2 Å². The van der Waals surface area contributed by atoms with Crippen LogP contribution in [0.1, 0.15) is 28.8 Å². The van der Waals surface area contributed by atoms with Gasteiger partial charge in [0.15, 0.2) is 6.61 Å². The Labute approximate surface area is 185 Å². The Kier molecular flexibility index (Phi) is 6.18. The average Bonchev–Trinajstić information content (AvgIpc) is 3.07. The molecule has 31 heavy (non-hydrogen) atoms. The molecule has 2 aromatic heterocycles. The molecule has 8 heteroatoms. The van der Waals surface area contributed by atoms with E-state index >= 15 is 0 Å². The summed E-state index contributed by atoms with van der Waals surface area (Å²) in [5.74, 6) is 0.0950. The van der Waals surface area contributed by atoms with Crippen molar-refractivity contribution in [3.63, 3.8) is 0 Å². The maximum absolute atomic E-state index is 12.5. The third-order valence-corrected chi connectivity index (χ3v) is 6.87. The SMILES string of the molecule is Cc1ccc(NC(=O)COC(=O)C2CCN(c3ncnc4sc(C)c(C)c34)CC2)cc1. The summed E-state index contributed by atoms with van der Waals surface area (Å²) >= 11 is 1.68. The Bertz CT molecular complexity index is 1100. The van der Waals surface area contributed by atoms with E-state index in [1.165, 1.54) is 10.4 Å². The van der Waals surface area contributed by atoms with Gasteiger partial charge in [-0.15, -0.1) is 11.3 Å². The van der Waals surface area contributed by atoms with Gasteiger partial charge in [-0.05, 0) is 51.3 Å². The Hall–Kier alpha value is -3.00. The zero-order chi connectivity index (χ0) is 22.0. The van der Waals surface area contributed by atoms with Crippen LogP contribution in [0.4, 0.5) is 11.5 Å². The third kappa shape index (κ3) is 4.69. The van der Waals surface area contributed by atoms with Gasteiger partial charge >= 0.3 is 5.97 Å². The lowest BCUT2D eigenvalue weighted by atomic mass is 9.97. The molecule has 4 rings (SSSR count). The minimum Gasteiger partial charge on any atom is -0.455 e. The highest BCUT2D eigenvalue weighted by Gasteiger charge is 2.28. The fourth-order valence-electron chi connectivity index (χ4n) is 3.82. The first-order valence-electron chi connectivity index (χ1n) is 10.4. The van der Waals surface area contributed by atoms with Gasteiger partial charge in [0.25, 0.3) is 5.91 Å². The van der Waals surface area contributed by atoms with Gasteiger partial charge in [-0.1, -0.05) is 17.7 Å². The minimum absolute atomic E-state index is 0.203. The summed E-state index contributed by atoms with van der Waals surface area (Å²) < 4.78 is 5.28. The molecule has 0 unspecified atom stereocenters. The van der Waals surface area contributed by atoms with Gasteiger partial charge in [0, 0.05) is 23.7 Å². The number of hydrogen-bond donors (Lipinski definition) is 1. The zero-order valence-corrected chi connectivity index (χ0v) is 18.8. The van der Waals surface area contributed by atoms with Gasteiger partial charge in [-0.3, -0.25) is 9.59 Å². The van der Waals surface area contributed by atoms with Crippen LogP contribution in [0.3, 0.4) is 0 Å².